The van der Waals surface area contributed by atoms with Crippen molar-refractivity contribution < 1.29 is 0 Å². The molecule has 0 aliphatic carbocycles. The first kappa shape index (κ1) is 13.0. The lowest BCUT2D eigenvalue weighted by molar-refractivity contribution is 0.633. The molecule has 0 radical (unpaired) electrons. The van der Waals surface area contributed by atoms with E-state index < -0.39 is 0 Å². The van der Waals surface area contributed by atoms with Gasteiger partial charge in [-0.05, 0) is 43.0 Å². The molecule has 1 nitrogen and oxygen atoms in total. The van der Waals surface area contributed by atoms with Crippen LogP contribution in [0.4, 0.5) is 0 Å². The van der Waals surface area contributed by atoms with Crippen molar-refractivity contribution in [2.24, 2.45) is 0 Å². The highest BCUT2D eigenvalue weighted by Gasteiger charge is 1.98. The van der Waals surface area contributed by atoms with Crippen molar-refractivity contribution in [2.75, 3.05) is 6.54 Å². The van der Waals surface area contributed by atoms with Crippen molar-refractivity contribution in [2.45, 2.75) is 40.7 Å². The summed E-state index contributed by atoms with van der Waals surface area (Å²) in [5.74, 6) is 0. The Kier molecular flexibility index (Phi) is 4.75. The molecule has 0 saturated heterocycles. The van der Waals surface area contributed by atoms with E-state index in [0.717, 1.165) is 6.54 Å². The Labute approximate surface area is 99.6 Å². The van der Waals surface area contributed by atoms with E-state index >= 15 is 0 Å². The summed E-state index contributed by atoms with van der Waals surface area (Å²) < 4.78 is 0. The second-order valence-electron chi connectivity index (χ2n) is 4.76. The summed E-state index contributed by atoms with van der Waals surface area (Å²) in [6, 6.07) is 5.06. The van der Waals surface area contributed by atoms with E-state index in [4.69, 9.17) is 0 Å². The van der Waals surface area contributed by atoms with Crippen molar-refractivity contribution in [3.63, 3.8) is 0 Å². The zero-order valence-corrected chi connectivity index (χ0v) is 11.1. The number of aryl methyl sites for hydroxylation is 3. The Balaban J connectivity index is 2.70. The third-order valence-electron chi connectivity index (χ3n) is 2.82. The van der Waals surface area contributed by atoms with Gasteiger partial charge in [0.15, 0.2) is 0 Å². The van der Waals surface area contributed by atoms with Crippen LogP contribution < -0.4 is 5.32 Å². The van der Waals surface area contributed by atoms with Gasteiger partial charge in [0.05, 0.1) is 0 Å². The number of nitrogens with one attached hydrogen (secondary N) is 1. The van der Waals surface area contributed by atoms with Gasteiger partial charge in [0.2, 0.25) is 0 Å². The molecule has 0 aliphatic rings. The first-order valence-corrected chi connectivity index (χ1v) is 5.98. The van der Waals surface area contributed by atoms with Crippen molar-refractivity contribution in [3.8, 4) is 0 Å². The molecule has 16 heavy (non-hydrogen) atoms. The minimum Gasteiger partial charge on any atom is -0.311 e. The predicted octanol–water partition coefficient (Wildman–Crippen LogP) is 3.62. The standard InChI is InChI=1S/C15H23N/c1-11(2)16-8-6-7-15-10-13(4)12(3)9-14(15)5/h6-7,9-11,16H,8H2,1-5H3. The topological polar surface area (TPSA) is 12.0 Å². The fourth-order valence-corrected chi connectivity index (χ4v) is 1.65. The molecule has 0 spiro atoms. The SMILES string of the molecule is Cc1cc(C)c(C=CCNC(C)C)cc1C. The summed E-state index contributed by atoms with van der Waals surface area (Å²) >= 11 is 0. The molecular formula is C15H23N. The maximum atomic E-state index is 3.37. The van der Waals surface area contributed by atoms with Crippen molar-refractivity contribution in [1.82, 2.24) is 5.32 Å². The van der Waals surface area contributed by atoms with E-state index in [1.807, 2.05) is 0 Å². The molecule has 0 bridgehead atoms. The van der Waals surface area contributed by atoms with E-state index in [9.17, 15) is 0 Å². The summed E-state index contributed by atoms with van der Waals surface area (Å²) in [4.78, 5) is 0. The summed E-state index contributed by atoms with van der Waals surface area (Å²) in [6.07, 6.45) is 4.40. The largest absolute Gasteiger partial charge is 0.311 e. The second kappa shape index (κ2) is 5.86. The lowest BCUT2D eigenvalue weighted by atomic mass is 10.0. The van der Waals surface area contributed by atoms with E-state index in [-0.39, 0.29) is 0 Å². The zero-order valence-electron chi connectivity index (χ0n) is 11.1. The smallest absolute Gasteiger partial charge is 0.0140 e. The lowest BCUT2D eigenvalue weighted by Gasteiger charge is -2.07. The monoisotopic (exact) mass is 217 g/mol. The van der Waals surface area contributed by atoms with Crippen LogP contribution in [0.2, 0.25) is 0 Å². The van der Waals surface area contributed by atoms with Crippen molar-refractivity contribution in [1.29, 1.82) is 0 Å². The molecule has 0 aliphatic heterocycles. The molecule has 1 aromatic rings. The third-order valence-corrected chi connectivity index (χ3v) is 2.82. The maximum Gasteiger partial charge on any atom is 0.0140 e. The number of benzene rings is 1. The summed E-state index contributed by atoms with van der Waals surface area (Å²) in [5, 5.41) is 3.37. The van der Waals surface area contributed by atoms with Crippen LogP contribution in [0.5, 0.6) is 0 Å². The average Bonchev–Trinajstić information content (AvgIpc) is 2.19. The average molecular weight is 217 g/mol. The van der Waals surface area contributed by atoms with E-state index in [0.29, 0.717) is 6.04 Å². The van der Waals surface area contributed by atoms with Gasteiger partial charge in [0, 0.05) is 12.6 Å². The summed E-state index contributed by atoms with van der Waals surface area (Å²) in [6.45, 7) is 11.8. The van der Waals surface area contributed by atoms with Gasteiger partial charge < -0.3 is 5.32 Å². The first-order chi connectivity index (χ1) is 7.50. The molecular weight excluding hydrogens is 194 g/mol. The molecule has 0 fully saturated rings. The molecule has 0 amide bonds. The van der Waals surface area contributed by atoms with Crippen LogP contribution in [-0.4, -0.2) is 12.6 Å². The van der Waals surface area contributed by atoms with Gasteiger partial charge >= 0.3 is 0 Å². The van der Waals surface area contributed by atoms with Crippen LogP contribution >= 0.6 is 0 Å². The molecule has 0 atom stereocenters. The zero-order chi connectivity index (χ0) is 12.1. The highest BCUT2D eigenvalue weighted by molar-refractivity contribution is 5.56. The van der Waals surface area contributed by atoms with E-state index in [1.165, 1.54) is 22.3 Å². The second-order valence-corrected chi connectivity index (χ2v) is 4.76. The predicted molar refractivity (Wildman–Crippen MR) is 72.8 cm³/mol. The van der Waals surface area contributed by atoms with Crippen LogP contribution in [-0.2, 0) is 0 Å². The Bertz CT molecular complexity index is 375. The van der Waals surface area contributed by atoms with Crippen LogP contribution in [0.25, 0.3) is 6.08 Å². The molecule has 1 heteroatoms. The van der Waals surface area contributed by atoms with Gasteiger partial charge in [-0.3, -0.25) is 0 Å². The molecule has 0 heterocycles. The van der Waals surface area contributed by atoms with Gasteiger partial charge in [-0.2, -0.15) is 0 Å². The Morgan fingerprint density at radius 2 is 1.69 bits per heavy atom. The van der Waals surface area contributed by atoms with Gasteiger partial charge in [-0.15, -0.1) is 0 Å². The maximum absolute atomic E-state index is 3.37. The third kappa shape index (κ3) is 3.82. The minimum atomic E-state index is 0.547. The fourth-order valence-electron chi connectivity index (χ4n) is 1.65. The van der Waals surface area contributed by atoms with Crippen LogP contribution in [0.15, 0.2) is 18.2 Å². The van der Waals surface area contributed by atoms with Crippen LogP contribution in [0.1, 0.15) is 36.1 Å². The van der Waals surface area contributed by atoms with Crippen LogP contribution in [0, 0.1) is 20.8 Å². The number of rotatable bonds is 4. The molecule has 1 rings (SSSR count). The molecule has 0 saturated carbocycles. The Morgan fingerprint density at radius 3 is 2.31 bits per heavy atom. The number of hydrogen-bond donors (Lipinski definition) is 1. The Hall–Kier alpha value is -1.08. The molecule has 1 N–H and O–H groups in total. The molecule has 1 aromatic carbocycles. The highest BCUT2D eigenvalue weighted by atomic mass is 14.9. The number of hydrogen-bond acceptors (Lipinski definition) is 1. The van der Waals surface area contributed by atoms with Gasteiger partial charge in [0.25, 0.3) is 0 Å². The van der Waals surface area contributed by atoms with Crippen molar-refractivity contribution in [3.05, 3.63) is 40.5 Å². The Morgan fingerprint density at radius 1 is 1.06 bits per heavy atom. The summed E-state index contributed by atoms with van der Waals surface area (Å²) in [7, 11) is 0. The van der Waals surface area contributed by atoms with Gasteiger partial charge in [0.1, 0.15) is 0 Å². The fraction of sp³-hybridized carbons (Fsp3) is 0.467. The first-order valence-electron chi connectivity index (χ1n) is 5.98. The highest BCUT2D eigenvalue weighted by Crippen LogP contribution is 2.16. The van der Waals surface area contributed by atoms with Gasteiger partial charge in [-0.25, -0.2) is 0 Å². The van der Waals surface area contributed by atoms with E-state index in [1.54, 1.807) is 0 Å². The molecule has 0 unspecified atom stereocenters. The normalized spacial score (nSPS) is 11.6. The lowest BCUT2D eigenvalue weighted by Crippen LogP contribution is -2.22. The quantitative estimate of drug-likeness (QED) is 0.812. The van der Waals surface area contributed by atoms with Gasteiger partial charge in [-0.1, -0.05) is 38.1 Å². The van der Waals surface area contributed by atoms with Crippen LogP contribution in [0.3, 0.4) is 0 Å². The molecule has 88 valence electrons. The minimum absolute atomic E-state index is 0.547. The van der Waals surface area contributed by atoms with Crippen molar-refractivity contribution >= 4 is 6.08 Å². The summed E-state index contributed by atoms with van der Waals surface area (Å²) in [5.41, 5.74) is 5.41. The molecule has 0 aromatic heterocycles. The van der Waals surface area contributed by atoms with E-state index in [2.05, 4.69) is 64.2 Å².